The number of carbonyl (C=O) groups is 3. The zero-order valence-corrected chi connectivity index (χ0v) is 20.3. The van der Waals surface area contributed by atoms with Crippen molar-refractivity contribution in [2.24, 2.45) is 11.8 Å². The summed E-state index contributed by atoms with van der Waals surface area (Å²) in [7, 11) is 0. The number of imide groups is 1. The van der Waals surface area contributed by atoms with Crippen LogP contribution in [-0.2, 0) is 9.59 Å². The van der Waals surface area contributed by atoms with Gasteiger partial charge >= 0.3 is 0 Å². The standard InChI is InChI=1S/C29H23N5O3/c1-16-11-13-20(17(2)15-16)33-27(35)24-23-14-12-18-7-3-5-9-21(18)32(23)26(25(24)28(33)36)29(37)34-22-10-6-4-8-19(22)30-31-34/h3-15,23-26H,1-2H3/t23-,24+,25+,26-/m1/s1. The lowest BCUT2D eigenvalue weighted by molar-refractivity contribution is -0.122. The number of carbonyl (C=O) groups excluding carboxylic acids is 3. The quantitative estimate of drug-likeness (QED) is 0.398. The lowest BCUT2D eigenvalue weighted by atomic mass is 9.88. The molecule has 182 valence electrons. The van der Waals surface area contributed by atoms with Crippen LogP contribution in [0.2, 0.25) is 0 Å². The number of aromatic nitrogens is 3. The van der Waals surface area contributed by atoms with Gasteiger partial charge in [-0.05, 0) is 49.2 Å². The zero-order chi connectivity index (χ0) is 25.4. The average molecular weight is 490 g/mol. The normalized spacial score (nSPS) is 23.9. The van der Waals surface area contributed by atoms with Gasteiger partial charge in [0.05, 0.1) is 29.1 Å². The third-order valence-electron chi connectivity index (χ3n) is 7.82. The zero-order valence-electron chi connectivity index (χ0n) is 20.3. The summed E-state index contributed by atoms with van der Waals surface area (Å²) in [6.45, 7) is 3.86. The molecule has 0 bridgehead atoms. The molecule has 2 saturated heterocycles. The number of hydrogen-bond acceptors (Lipinski definition) is 6. The maximum absolute atomic E-state index is 14.2. The van der Waals surface area contributed by atoms with E-state index in [9.17, 15) is 14.4 Å². The minimum atomic E-state index is -0.918. The van der Waals surface area contributed by atoms with Crippen LogP contribution in [0.25, 0.3) is 17.1 Å². The molecule has 4 aromatic rings. The second-order valence-corrected chi connectivity index (χ2v) is 9.94. The molecule has 3 aromatic carbocycles. The first kappa shape index (κ1) is 21.7. The molecule has 2 amide bonds. The van der Waals surface area contributed by atoms with Gasteiger partial charge < -0.3 is 4.90 Å². The fraction of sp³-hybridized carbons (Fsp3) is 0.207. The molecule has 3 aliphatic rings. The van der Waals surface area contributed by atoms with Gasteiger partial charge in [0.2, 0.25) is 11.8 Å². The number of nitrogens with zero attached hydrogens (tertiary/aromatic N) is 5. The number of fused-ring (bicyclic) bond motifs is 6. The van der Waals surface area contributed by atoms with Crippen molar-refractivity contribution in [1.82, 2.24) is 15.0 Å². The van der Waals surface area contributed by atoms with Crippen molar-refractivity contribution in [3.63, 3.8) is 0 Å². The Bertz CT molecular complexity index is 1670. The van der Waals surface area contributed by atoms with E-state index in [1.807, 2.05) is 85.5 Å². The Morgan fingerprint density at radius 2 is 1.62 bits per heavy atom. The molecule has 0 N–H and O–H groups in total. The van der Waals surface area contributed by atoms with Gasteiger partial charge in [0.1, 0.15) is 11.6 Å². The Labute approximate surface area is 212 Å². The van der Waals surface area contributed by atoms with Gasteiger partial charge in [-0.1, -0.05) is 65.4 Å². The van der Waals surface area contributed by atoms with Crippen LogP contribution in [0.3, 0.4) is 0 Å². The lowest BCUT2D eigenvalue weighted by Gasteiger charge is -2.36. The SMILES string of the molecule is Cc1ccc(N2C(=O)[C@@H]3[C@H](C2=O)[C@H](C(=O)n2nnc4ccccc42)N2c4ccccc4C=C[C@H]32)c(C)c1. The smallest absolute Gasteiger partial charge is 0.272 e. The molecule has 0 spiro atoms. The maximum atomic E-state index is 14.2. The van der Waals surface area contributed by atoms with Gasteiger partial charge in [-0.25, -0.2) is 4.90 Å². The number of hydrogen-bond donors (Lipinski definition) is 0. The number of benzene rings is 3. The highest BCUT2D eigenvalue weighted by Gasteiger charge is 2.64. The van der Waals surface area contributed by atoms with E-state index in [-0.39, 0.29) is 17.7 Å². The summed E-state index contributed by atoms with van der Waals surface area (Å²) < 4.78 is 1.28. The van der Waals surface area contributed by atoms with E-state index in [4.69, 9.17) is 0 Å². The minimum Gasteiger partial charge on any atom is -0.351 e. The lowest BCUT2D eigenvalue weighted by Crippen LogP contribution is -2.50. The number of para-hydroxylation sites is 2. The highest BCUT2D eigenvalue weighted by atomic mass is 16.2. The summed E-state index contributed by atoms with van der Waals surface area (Å²) >= 11 is 0. The molecule has 0 saturated carbocycles. The highest BCUT2D eigenvalue weighted by molar-refractivity contribution is 6.25. The third kappa shape index (κ3) is 2.92. The predicted octanol–water partition coefficient (Wildman–Crippen LogP) is 3.78. The second kappa shape index (κ2) is 7.70. The molecule has 8 heteroatoms. The van der Waals surface area contributed by atoms with Crippen molar-refractivity contribution in [2.45, 2.75) is 25.9 Å². The first-order valence-electron chi connectivity index (χ1n) is 12.3. The topological polar surface area (TPSA) is 88.4 Å². The Morgan fingerprint density at radius 1 is 0.865 bits per heavy atom. The van der Waals surface area contributed by atoms with Crippen molar-refractivity contribution in [1.29, 1.82) is 0 Å². The van der Waals surface area contributed by atoms with E-state index < -0.39 is 23.9 Å². The van der Waals surface area contributed by atoms with E-state index in [1.54, 1.807) is 12.1 Å². The van der Waals surface area contributed by atoms with Gasteiger partial charge in [-0.3, -0.25) is 14.4 Å². The molecular formula is C29H23N5O3. The van der Waals surface area contributed by atoms with Gasteiger partial charge in [0.15, 0.2) is 0 Å². The van der Waals surface area contributed by atoms with Gasteiger partial charge in [0.25, 0.3) is 5.91 Å². The van der Waals surface area contributed by atoms with E-state index in [0.29, 0.717) is 16.7 Å². The summed E-state index contributed by atoms with van der Waals surface area (Å²) in [4.78, 5) is 45.5. The van der Waals surface area contributed by atoms with E-state index >= 15 is 0 Å². The van der Waals surface area contributed by atoms with Crippen molar-refractivity contribution in [3.05, 3.63) is 89.5 Å². The molecule has 0 unspecified atom stereocenters. The van der Waals surface area contributed by atoms with E-state index in [1.165, 1.54) is 9.58 Å². The maximum Gasteiger partial charge on any atom is 0.272 e. The van der Waals surface area contributed by atoms with Gasteiger partial charge in [-0.2, -0.15) is 4.68 Å². The molecule has 0 aliphatic carbocycles. The fourth-order valence-corrected chi connectivity index (χ4v) is 6.25. The summed E-state index contributed by atoms with van der Waals surface area (Å²) in [5, 5.41) is 8.31. The molecule has 3 aliphatic heterocycles. The molecule has 1 aromatic heterocycles. The number of aryl methyl sites for hydroxylation is 2. The van der Waals surface area contributed by atoms with Crippen molar-refractivity contribution < 1.29 is 14.4 Å². The molecule has 4 heterocycles. The van der Waals surface area contributed by atoms with Crippen LogP contribution in [0.15, 0.2) is 72.8 Å². The molecule has 2 fully saturated rings. The number of anilines is 2. The predicted molar refractivity (Wildman–Crippen MR) is 139 cm³/mol. The van der Waals surface area contributed by atoms with Crippen LogP contribution >= 0.6 is 0 Å². The summed E-state index contributed by atoms with van der Waals surface area (Å²) in [5.74, 6) is -2.56. The van der Waals surface area contributed by atoms with Gasteiger partial charge in [0, 0.05) is 5.69 Å². The third-order valence-corrected chi connectivity index (χ3v) is 7.82. The Kier molecular flexibility index (Phi) is 4.51. The van der Waals surface area contributed by atoms with Crippen LogP contribution in [-0.4, -0.2) is 44.8 Å². The largest absolute Gasteiger partial charge is 0.351 e. The first-order valence-corrected chi connectivity index (χ1v) is 12.3. The molecule has 4 atom stereocenters. The summed E-state index contributed by atoms with van der Waals surface area (Å²) in [5.41, 5.74) is 5.37. The molecule has 8 nitrogen and oxygen atoms in total. The van der Waals surface area contributed by atoms with Crippen LogP contribution in [0.4, 0.5) is 11.4 Å². The summed E-state index contributed by atoms with van der Waals surface area (Å²) in [6.07, 6.45) is 3.92. The van der Waals surface area contributed by atoms with Gasteiger partial charge in [-0.15, -0.1) is 5.10 Å². The Balaban J connectivity index is 1.40. The monoisotopic (exact) mass is 489 g/mol. The van der Waals surface area contributed by atoms with Crippen molar-refractivity contribution in [3.8, 4) is 0 Å². The van der Waals surface area contributed by atoms with Crippen LogP contribution in [0.1, 0.15) is 21.5 Å². The summed E-state index contributed by atoms with van der Waals surface area (Å²) in [6, 6.07) is 19.3. The Hall–Kier alpha value is -4.59. The molecular weight excluding hydrogens is 466 g/mol. The minimum absolute atomic E-state index is 0.278. The Morgan fingerprint density at radius 3 is 2.46 bits per heavy atom. The molecule has 7 rings (SSSR count). The fourth-order valence-electron chi connectivity index (χ4n) is 6.25. The number of rotatable bonds is 2. The average Bonchev–Trinajstić information content (AvgIpc) is 3.55. The van der Waals surface area contributed by atoms with Crippen molar-refractivity contribution >= 4 is 46.2 Å². The van der Waals surface area contributed by atoms with Crippen molar-refractivity contribution in [2.75, 3.05) is 9.80 Å². The molecule has 0 radical (unpaired) electrons. The molecule has 37 heavy (non-hydrogen) atoms. The number of amides is 2. The van der Waals surface area contributed by atoms with Crippen LogP contribution < -0.4 is 9.80 Å². The highest BCUT2D eigenvalue weighted by Crippen LogP contribution is 2.49. The van der Waals surface area contributed by atoms with Crippen LogP contribution in [0, 0.1) is 25.7 Å². The van der Waals surface area contributed by atoms with E-state index in [2.05, 4.69) is 10.3 Å². The van der Waals surface area contributed by atoms with Crippen LogP contribution in [0.5, 0.6) is 0 Å². The first-order chi connectivity index (χ1) is 18.0. The van der Waals surface area contributed by atoms with E-state index in [0.717, 1.165) is 22.4 Å². The second-order valence-electron chi connectivity index (χ2n) is 9.94.